The molecule has 3 nitrogen and oxygen atoms in total. The van der Waals surface area contributed by atoms with Crippen LogP contribution in [-0.4, -0.2) is 23.4 Å². The van der Waals surface area contributed by atoms with E-state index in [1.54, 1.807) is 0 Å². The Morgan fingerprint density at radius 1 is 1.30 bits per heavy atom. The maximum absolute atomic E-state index is 12.8. The minimum absolute atomic E-state index is 0.145. The fourth-order valence-electron chi connectivity index (χ4n) is 3.76. The number of hydrogen-bond donors (Lipinski definition) is 1. The Bertz CT molecular complexity index is 500. The predicted molar refractivity (Wildman–Crippen MR) is 80.2 cm³/mol. The Balaban J connectivity index is 1.76. The van der Waals surface area contributed by atoms with E-state index in [0.29, 0.717) is 5.91 Å². The molecule has 1 fully saturated rings. The van der Waals surface area contributed by atoms with Gasteiger partial charge in [-0.05, 0) is 43.7 Å². The Morgan fingerprint density at radius 3 is 2.90 bits per heavy atom. The second-order valence-corrected chi connectivity index (χ2v) is 6.28. The zero-order valence-electron chi connectivity index (χ0n) is 12.2. The molecule has 2 N–H and O–H groups in total. The summed E-state index contributed by atoms with van der Waals surface area (Å²) < 4.78 is 0. The summed E-state index contributed by atoms with van der Waals surface area (Å²) in [5.74, 6) is 0.466. The highest BCUT2D eigenvalue weighted by molar-refractivity contribution is 5.80. The number of hydrogen-bond acceptors (Lipinski definition) is 2. The third-order valence-corrected chi connectivity index (χ3v) is 4.94. The molecule has 3 atom stereocenters. The zero-order valence-corrected chi connectivity index (χ0v) is 12.2. The van der Waals surface area contributed by atoms with E-state index >= 15 is 0 Å². The van der Waals surface area contributed by atoms with Crippen LogP contribution in [0.1, 0.15) is 49.8 Å². The van der Waals surface area contributed by atoms with Gasteiger partial charge in [-0.2, -0.15) is 0 Å². The topological polar surface area (TPSA) is 46.3 Å². The van der Waals surface area contributed by atoms with Gasteiger partial charge in [0.15, 0.2) is 0 Å². The van der Waals surface area contributed by atoms with Crippen molar-refractivity contribution in [1.82, 2.24) is 4.90 Å². The summed E-state index contributed by atoms with van der Waals surface area (Å²) in [6.07, 6.45) is 5.02. The molecule has 1 aromatic rings. The largest absolute Gasteiger partial charge is 0.335 e. The monoisotopic (exact) mass is 272 g/mol. The highest BCUT2D eigenvalue weighted by Crippen LogP contribution is 2.33. The van der Waals surface area contributed by atoms with Crippen LogP contribution in [0.2, 0.25) is 0 Å². The van der Waals surface area contributed by atoms with E-state index in [1.165, 1.54) is 11.1 Å². The summed E-state index contributed by atoms with van der Waals surface area (Å²) in [5.41, 5.74) is 8.74. The number of carbonyl (C=O) groups is 1. The Hall–Kier alpha value is -1.35. The standard InChI is InChI=1S/C17H24N2O/c1-12-16-8-3-2-5-13(16)9-10-19(12)17(20)14-6-4-7-15(18)11-14/h2-3,5,8,12,14-15H,4,6-7,9-11,18H2,1H3/t12-,14+,15+/m1/s1. The fourth-order valence-corrected chi connectivity index (χ4v) is 3.76. The van der Waals surface area contributed by atoms with E-state index in [0.717, 1.165) is 38.6 Å². The molecule has 20 heavy (non-hydrogen) atoms. The van der Waals surface area contributed by atoms with Crippen LogP contribution >= 0.6 is 0 Å². The average molecular weight is 272 g/mol. The predicted octanol–water partition coefficient (Wildman–Crippen LogP) is 2.65. The molecule has 0 spiro atoms. The van der Waals surface area contributed by atoms with Gasteiger partial charge in [-0.15, -0.1) is 0 Å². The van der Waals surface area contributed by atoms with E-state index in [2.05, 4.69) is 36.1 Å². The summed E-state index contributed by atoms with van der Waals surface area (Å²) >= 11 is 0. The van der Waals surface area contributed by atoms with Gasteiger partial charge in [0.2, 0.25) is 5.91 Å². The molecule has 108 valence electrons. The van der Waals surface area contributed by atoms with E-state index in [9.17, 15) is 4.79 Å². The van der Waals surface area contributed by atoms with Crippen LogP contribution in [-0.2, 0) is 11.2 Å². The third kappa shape index (κ3) is 2.47. The van der Waals surface area contributed by atoms with Gasteiger partial charge in [-0.25, -0.2) is 0 Å². The zero-order chi connectivity index (χ0) is 14.1. The molecule has 0 radical (unpaired) electrons. The van der Waals surface area contributed by atoms with E-state index in [-0.39, 0.29) is 18.0 Å². The molecular formula is C17H24N2O. The van der Waals surface area contributed by atoms with Crippen LogP contribution in [0.25, 0.3) is 0 Å². The molecule has 1 aliphatic carbocycles. The number of amides is 1. The Morgan fingerprint density at radius 2 is 2.10 bits per heavy atom. The number of fused-ring (bicyclic) bond motifs is 1. The molecule has 1 amide bonds. The van der Waals surface area contributed by atoms with Gasteiger partial charge in [0.1, 0.15) is 0 Å². The molecule has 0 bridgehead atoms. The first-order valence-electron chi connectivity index (χ1n) is 7.80. The fraction of sp³-hybridized carbons (Fsp3) is 0.588. The van der Waals surface area contributed by atoms with Crippen LogP contribution in [0.3, 0.4) is 0 Å². The molecule has 1 aliphatic heterocycles. The first kappa shape index (κ1) is 13.6. The van der Waals surface area contributed by atoms with Gasteiger partial charge in [-0.1, -0.05) is 30.7 Å². The summed E-state index contributed by atoms with van der Waals surface area (Å²) in [6.45, 7) is 3.00. The van der Waals surface area contributed by atoms with Gasteiger partial charge in [0.25, 0.3) is 0 Å². The maximum Gasteiger partial charge on any atom is 0.226 e. The quantitative estimate of drug-likeness (QED) is 0.854. The van der Waals surface area contributed by atoms with Crippen molar-refractivity contribution in [3.63, 3.8) is 0 Å². The van der Waals surface area contributed by atoms with Crippen LogP contribution in [0.4, 0.5) is 0 Å². The van der Waals surface area contributed by atoms with E-state index in [4.69, 9.17) is 5.73 Å². The van der Waals surface area contributed by atoms with Crippen molar-refractivity contribution in [3.8, 4) is 0 Å². The molecule has 0 saturated heterocycles. The lowest BCUT2D eigenvalue weighted by Crippen LogP contribution is -2.44. The van der Waals surface area contributed by atoms with Gasteiger partial charge in [-0.3, -0.25) is 4.79 Å². The van der Waals surface area contributed by atoms with Gasteiger partial charge in [0.05, 0.1) is 6.04 Å². The summed E-state index contributed by atoms with van der Waals surface area (Å²) in [7, 11) is 0. The molecule has 1 heterocycles. The van der Waals surface area contributed by atoms with Crippen LogP contribution in [0.5, 0.6) is 0 Å². The number of rotatable bonds is 1. The van der Waals surface area contributed by atoms with Gasteiger partial charge < -0.3 is 10.6 Å². The number of nitrogens with zero attached hydrogens (tertiary/aromatic N) is 1. The molecule has 0 aromatic heterocycles. The lowest BCUT2D eigenvalue weighted by molar-refractivity contribution is -0.139. The van der Waals surface area contributed by atoms with Crippen LogP contribution in [0, 0.1) is 5.92 Å². The molecule has 3 heteroatoms. The molecule has 1 saturated carbocycles. The van der Waals surface area contributed by atoms with Crippen LogP contribution < -0.4 is 5.73 Å². The maximum atomic E-state index is 12.8. The SMILES string of the molecule is C[C@@H]1c2ccccc2CCN1C(=O)[C@H]1CCC[C@H](N)C1. The lowest BCUT2D eigenvalue weighted by atomic mass is 9.84. The molecule has 0 unspecified atom stereocenters. The van der Waals surface area contributed by atoms with E-state index in [1.807, 2.05) is 0 Å². The van der Waals surface area contributed by atoms with Crippen molar-refractivity contribution in [2.45, 2.75) is 51.1 Å². The van der Waals surface area contributed by atoms with Gasteiger partial charge >= 0.3 is 0 Å². The van der Waals surface area contributed by atoms with Gasteiger partial charge in [0, 0.05) is 18.5 Å². The minimum Gasteiger partial charge on any atom is -0.335 e. The molecule has 2 aliphatic rings. The molecule has 3 rings (SSSR count). The first-order chi connectivity index (χ1) is 9.66. The first-order valence-corrected chi connectivity index (χ1v) is 7.80. The van der Waals surface area contributed by atoms with Crippen molar-refractivity contribution in [2.75, 3.05) is 6.54 Å². The third-order valence-electron chi connectivity index (χ3n) is 4.94. The van der Waals surface area contributed by atoms with Crippen molar-refractivity contribution >= 4 is 5.91 Å². The highest BCUT2D eigenvalue weighted by atomic mass is 16.2. The second-order valence-electron chi connectivity index (χ2n) is 6.28. The van der Waals surface area contributed by atoms with Crippen molar-refractivity contribution in [3.05, 3.63) is 35.4 Å². The number of benzene rings is 1. The second kappa shape index (κ2) is 5.57. The molecular weight excluding hydrogens is 248 g/mol. The summed E-state index contributed by atoms with van der Waals surface area (Å²) in [6, 6.07) is 8.91. The number of nitrogens with two attached hydrogens (primary N) is 1. The molecule has 1 aromatic carbocycles. The van der Waals surface area contributed by atoms with Crippen molar-refractivity contribution in [1.29, 1.82) is 0 Å². The summed E-state index contributed by atoms with van der Waals surface area (Å²) in [4.78, 5) is 14.9. The minimum atomic E-state index is 0.145. The van der Waals surface area contributed by atoms with Crippen molar-refractivity contribution < 1.29 is 4.79 Å². The highest BCUT2D eigenvalue weighted by Gasteiger charge is 2.33. The number of carbonyl (C=O) groups excluding carboxylic acids is 1. The van der Waals surface area contributed by atoms with Crippen LogP contribution in [0.15, 0.2) is 24.3 Å². The normalized spacial score (nSPS) is 29.9. The smallest absolute Gasteiger partial charge is 0.226 e. The Labute approximate surface area is 121 Å². The Kier molecular flexibility index (Phi) is 3.79. The average Bonchev–Trinajstić information content (AvgIpc) is 2.47. The van der Waals surface area contributed by atoms with E-state index < -0.39 is 0 Å². The van der Waals surface area contributed by atoms with Crippen molar-refractivity contribution in [2.24, 2.45) is 11.7 Å². The lowest BCUT2D eigenvalue weighted by Gasteiger charge is -2.38. The summed E-state index contributed by atoms with van der Waals surface area (Å²) in [5, 5.41) is 0.